The van der Waals surface area contributed by atoms with Crippen molar-refractivity contribution in [1.82, 2.24) is 0 Å². The van der Waals surface area contributed by atoms with Gasteiger partial charge in [-0.25, -0.2) is 0 Å². The van der Waals surface area contributed by atoms with E-state index >= 15 is 0 Å². The molecule has 20 heavy (non-hydrogen) atoms. The molecule has 0 aliphatic heterocycles. The van der Waals surface area contributed by atoms with Gasteiger partial charge in [0.25, 0.3) is 0 Å². The Morgan fingerprint density at radius 3 is 1.85 bits per heavy atom. The average Bonchev–Trinajstić information content (AvgIpc) is 2.51. The van der Waals surface area contributed by atoms with Gasteiger partial charge in [0.05, 0.1) is 0 Å². The second kappa shape index (κ2) is 5.34. The number of benzene rings is 3. The minimum absolute atomic E-state index is 1.26. The summed E-state index contributed by atoms with van der Waals surface area (Å²) in [5.41, 5.74) is 7.76. The Morgan fingerprint density at radius 2 is 1.15 bits per heavy atom. The molecule has 0 unspecified atom stereocenters. The van der Waals surface area contributed by atoms with Crippen LogP contribution >= 0.6 is 0 Å². The summed E-state index contributed by atoms with van der Waals surface area (Å²) in [4.78, 5) is 0. The molecule has 0 spiro atoms. The van der Waals surface area contributed by atoms with Gasteiger partial charge in [0.15, 0.2) is 0 Å². The topological polar surface area (TPSA) is 0 Å². The highest BCUT2D eigenvalue weighted by molar-refractivity contribution is 5.72. The van der Waals surface area contributed by atoms with Crippen LogP contribution in [0.4, 0.5) is 0 Å². The Labute approximate surface area is 120 Å². The molecule has 0 aromatic heterocycles. The number of aryl methyl sites for hydroxylation is 2. The molecule has 3 aromatic carbocycles. The maximum atomic E-state index is 2.26. The maximum Gasteiger partial charge on any atom is -0.0152 e. The molecule has 0 nitrogen and oxygen atoms in total. The monoisotopic (exact) mass is 258 g/mol. The lowest BCUT2D eigenvalue weighted by molar-refractivity contribution is 1.39. The van der Waals surface area contributed by atoms with Gasteiger partial charge >= 0.3 is 0 Å². The molecule has 0 fully saturated rings. The van der Waals surface area contributed by atoms with Crippen LogP contribution in [-0.2, 0) is 0 Å². The van der Waals surface area contributed by atoms with Crippen molar-refractivity contribution in [3.63, 3.8) is 0 Å². The van der Waals surface area contributed by atoms with E-state index in [9.17, 15) is 0 Å². The molecular weight excluding hydrogens is 240 g/mol. The number of hydrogen-bond donors (Lipinski definition) is 0. The van der Waals surface area contributed by atoms with Gasteiger partial charge in [0.2, 0.25) is 0 Å². The molecule has 0 N–H and O–H groups in total. The van der Waals surface area contributed by atoms with Crippen molar-refractivity contribution < 1.29 is 0 Å². The first-order valence-electron chi connectivity index (χ1n) is 6.97. The van der Waals surface area contributed by atoms with Gasteiger partial charge in [-0.15, -0.1) is 0 Å². The minimum atomic E-state index is 1.26. The number of hydrogen-bond acceptors (Lipinski definition) is 0. The molecule has 0 aliphatic rings. The highest BCUT2D eigenvalue weighted by Gasteiger charge is 2.03. The average molecular weight is 258 g/mol. The van der Waals surface area contributed by atoms with Crippen molar-refractivity contribution in [2.45, 2.75) is 13.8 Å². The molecule has 0 radical (unpaired) electrons. The normalized spacial score (nSPS) is 10.5. The molecule has 0 heteroatoms. The Morgan fingerprint density at radius 1 is 0.550 bits per heavy atom. The lowest BCUT2D eigenvalue weighted by atomic mass is 9.96. The molecule has 0 atom stereocenters. The molecule has 0 saturated heterocycles. The van der Waals surface area contributed by atoms with Crippen LogP contribution in [0.25, 0.3) is 22.3 Å². The first-order chi connectivity index (χ1) is 9.74. The van der Waals surface area contributed by atoms with Crippen LogP contribution in [0.15, 0.2) is 72.8 Å². The standard InChI is InChI=1S/C20H18/c1-15-8-9-16(2)20(14-15)19-12-10-18(11-13-19)17-6-4-3-5-7-17/h3-14H,1-2H3. The van der Waals surface area contributed by atoms with Crippen LogP contribution in [0.3, 0.4) is 0 Å². The fraction of sp³-hybridized carbons (Fsp3) is 0.100. The summed E-state index contributed by atoms with van der Waals surface area (Å²) in [5.74, 6) is 0. The van der Waals surface area contributed by atoms with Crippen molar-refractivity contribution in [3.05, 3.63) is 83.9 Å². The Bertz CT molecular complexity index is 707. The van der Waals surface area contributed by atoms with Gasteiger partial charge in [0, 0.05) is 0 Å². The van der Waals surface area contributed by atoms with E-state index in [1.54, 1.807) is 0 Å². The van der Waals surface area contributed by atoms with Crippen molar-refractivity contribution >= 4 is 0 Å². The third-order valence-electron chi connectivity index (χ3n) is 3.70. The van der Waals surface area contributed by atoms with Crippen LogP contribution in [0.1, 0.15) is 11.1 Å². The summed E-state index contributed by atoms with van der Waals surface area (Å²) in [6.07, 6.45) is 0. The van der Waals surface area contributed by atoms with Crippen molar-refractivity contribution in [2.24, 2.45) is 0 Å². The zero-order valence-electron chi connectivity index (χ0n) is 11.9. The van der Waals surface area contributed by atoms with Crippen LogP contribution in [0.2, 0.25) is 0 Å². The van der Waals surface area contributed by atoms with Crippen LogP contribution in [0, 0.1) is 13.8 Å². The van der Waals surface area contributed by atoms with Crippen LogP contribution < -0.4 is 0 Å². The lowest BCUT2D eigenvalue weighted by Crippen LogP contribution is -1.85. The number of rotatable bonds is 2. The predicted octanol–water partition coefficient (Wildman–Crippen LogP) is 5.64. The summed E-state index contributed by atoms with van der Waals surface area (Å²) >= 11 is 0. The summed E-state index contributed by atoms with van der Waals surface area (Å²) in [5, 5.41) is 0. The zero-order chi connectivity index (χ0) is 13.9. The Hall–Kier alpha value is -2.34. The van der Waals surface area contributed by atoms with Crippen LogP contribution in [0.5, 0.6) is 0 Å². The predicted molar refractivity (Wildman–Crippen MR) is 86.8 cm³/mol. The second-order valence-electron chi connectivity index (χ2n) is 5.26. The molecule has 0 bridgehead atoms. The minimum Gasteiger partial charge on any atom is -0.0622 e. The summed E-state index contributed by atoms with van der Waals surface area (Å²) in [7, 11) is 0. The molecule has 0 saturated carbocycles. The summed E-state index contributed by atoms with van der Waals surface area (Å²) < 4.78 is 0. The van der Waals surface area contributed by atoms with Crippen molar-refractivity contribution in [1.29, 1.82) is 0 Å². The van der Waals surface area contributed by atoms with E-state index in [1.165, 1.54) is 33.4 Å². The quantitative estimate of drug-likeness (QED) is 0.558. The van der Waals surface area contributed by atoms with E-state index < -0.39 is 0 Å². The maximum absolute atomic E-state index is 2.26. The fourth-order valence-electron chi connectivity index (χ4n) is 2.52. The van der Waals surface area contributed by atoms with E-state index in [1.807, 2.05) is 6.07 Å². The molecular formula is C20H18. The van der Waals surface area contributed by atoms with E-state index in [-0.39, 0.29) is 0 Å². The van der Waals surface area contributed by atoms with E-state index in [4.69, 9.17) is 0 Å². The third kappa shape index (κ3) is 2.50. The van der Waals surface area contributed by atoms with E-state index in [0.29, 0.717) is 0 Å². The van der Waals surface area contributed by atoms with E-state index in [2.05, 4.69) is 80.6 Å². The fourth-order valence-corrected chi connectivity index (χ4v) is 2.52. The molecule has 3 rings (SSSR count). The first kappa shape index (κ1) is 12.7. The van der Waals surface area contributed by atoms with Gasteiger partial charge in [0.1, 0.15) is 0 Å². The SMILES string of the molecule is Cc1ccc(C)c(-c2ccc(-c3ccccc3)cc2)c1. The molecule has 0 amide bonds. The van der Waals surface area contributed by atoms with Crippen molar-refractivity contribution in [2.75, 3.05) is 0 Å². The first-order valence-corrected chi connectivity index (χ1v) is 6.97. The smallest absolute Gasteiger partial charge is 0.0152 e. The Kier molecular flexibility index (Phi) is 3.39. The molecule has 3 aromatic rings. The lowest BCUT2D eigenvalue weighted by Gasteiger charge is -2.09. The van der Waals surface area contributed by atoms with Gasteiger partial charge in [-0.2, -0.15) is 0 Å². The van der Waals surface area contributed by atoms with Crippen LogP contribution in [-0.4, -0.2) is 0 Å². The summed E-state index contributed by atoms with van der Waals surface area (Å²) in [6, 6.07) is 25.9. The second-order valence-corrected chi connectivity index (χ2v) is 5.26. The van der Waals surface area contributed by atoms with Gasteiger partial charge in [-0.05, 0) is 41.7 Å². The summed E-state index contributed by atoms with van der Waals surface area (Å²) in [6.45, 7) is 4.31. The molecule has 98 valence electrons. The highest BCUT2D eigenvalue weighted by Crippen LogP contribution is 2.27. The highest BCUT2D eigenvalue weighted by atomic mass is 14.1. The third-order valence-corrected chi connectivity index (χ3v) is 3.70. The molecule has 0 aliphatic carbocycles. The van der Waals surface area contributed by atoms with Crippen molar-refractivity contribution in [3.8, 4) is 22.3 Å². The van der Waals surface area contributed by atoms with E-state index in [0.717, 1.165) is 0 Å². The van der Waals surface area contributed by atoms with Gasteiger partial charge in [-0.3, -0.25) is 0 Å². The largest absolute Gasteiger partial charge is 0.0622 e. The zero-order valence-corrected chi connectivity index (χ0v) is 11.9. The van der Waals surface area contributed by atoms with Gasteiger partial charge in [-0.1, -0.05) is 78.4 Å². The molecule has 0 heterocycles. The Balaban J connectivity index is 2.00. The van der Waals surface area contributed by atoms with Gasteiger partial charge < -0.3 is 0 Å².